The molecule has 0 aromatic carbocycles. The molecule has 1 saturated heterocycles. The molecule has 1 heterocycles. The van der Waals surface area contributed by atoms with Crippen molar-refractivity contribution >= 4 is 19.9 Å². The predicted octanol–water partition coefficient (Wildman–Crippen LogP) is -0.379. The first-order valence-corrected chi connectivity index (χ1v) is 8.00. The summed E-state index contributed by atoms with van der Waals surface area (Å²) in [6.07, 6.45) is 1.13. The van der Waals surface area contributed by atoms with Crippen LogP contribution in [-0.2, 0) is 19.9 Å². The van der Waals surface area contributed by atoms with Gasteiger partial charge in [-0.1, -0.05) is 12.2 Å². The predicted molar refractivity (Wildman–Crippen MR) is 58.8 cm³/mol. The van der Waals surface area contributed by atoms with Gasteiger partial charge >= 0.3 is 0 Å². The van der Waals surface area contributed by atoms with E-state index in [9.17, 15) is 16.8 Å². The maximum absolute atomic E-state index is 11.6. The van der Waals surface area contributed by atoms with Crippen molar-refractivity contribution in [3.63, 3.8) is 0 Å². The molecule has 0 radical (unpaired) electrons. The maximum Gasteiger partial charge on any atom is 0.218 e. The molecule has 0 aromatic rings. The zero-order valence-corrected chi connectivity index (χ0v) is 10.4. The second kappa shape index (κ2) is 3.88. The Morgan fingerprint density at radius 2 is 1.80 bits per heavy atom. The third-order valence-corrected chi connectivity index (χ3v) is 5.69. The Labute approximate surface area is 90.7 Å². The van der Waals surface area contributed by atoms with Crippen molar-refractivity contribution < 1.29 is 16.8 Å². The van der Waals surface area contributed by atoms with Crippen molar-refractivity contribution in [2.45, 2.75) is 12.2 Å². The topological polar surface area (TPSA) is 71.5 Å². The number of hydrogen-bond acceptors (Lipinski definition) is 4. The van der Waals surface area contributed by atoms with E-state index in [0.29, 0.717) is 5.57 Å². The molecule has 0 N–H and O–H groups in total. The molecule has 7 heteroatoms. The summed E-state index contributed by atoms with van der Waals surface area (Å²) in [5.74, 6) is -0.108. The van der Waals surface area contributed by atoms with Gasteiger partial charge in [0.05, 0.1) is 11.0 Å². The van der Waals surface area contributed by atoms with Gasteiger partial charge in [-0.05, 0) is 6.92 Å². The van der Waals surface area contributed by atoms with Crippen LogP contribution in [0.1, 0.15) is 6.92 Å². The summed E-state index contributed by atoms with van der Waals surface area (Å²) in [6.45, 7) is 5.31. The van der Waals surface area contributed by atoms with E-state index in [4.69, 9.17) is 0 Å². The van der Waals surface area contributed by atoms with E-state index >= 15 is 0 Å². The molecule has 1 aliphatic rings. The van der Waals surface area contributed by atoms with E-state index < -0.39 is 25.1 Å². The van der Waals surface area contributed by atoms with Crippen LogP contribution in [0.2, 0.25) is 0 Å². The van der Waals surface area contributed by atoms with Crippen LogP contribution in [0.25, 0.3) is 0 Å². The summed E-state index contributed by atoms with van der Waals surface area (Å²) in [5.41, 5.74) is 0.554. The van der Waals surface area contributed by atoms with Crippen LogP contribution in [0.4, 0.5) is 0 Å². The highest BCUT2D eigenvalue weighted by Gasteiger charge is 2.40. The second-order valence-electron chi connectivity index (χ2n) is 3.98. The van der Waals surface area contributed by atoms with Crippen LogP contribution in [0.5, 0.6) is 0 Å². The Hall–Kier alpha value is -0.400. The van der Waals surface area contributed by atoms with Gasteiger partial charge in [0.1, 0.15) is 0 Å². The van der Waals surface area contributed by atoms with Crippen molar-refractivity contribution in [2.75, 3.05) is 25.1 Å². The van der Waals surface area contributed by atoms with Gasteiger partial charge in [-0.2, -0.15) is 4.31 Å². The molecule has 1 fully saturated rings. The number of nitrogens with zero attached hydrogens (tertiary/aromatic N) is 1. The van der Waals surface area contributed by atoms with Crippen molar-refractivity contribution in [3.8, 4) is 0 Å². The highest BCUT2D eigenvalue weighted by Crippen LogP contribution is 2.20. The molecule has 0 unspecified atom stereocenters. The smallest absolute Gasteiger partial charge is 0.218 e. The van der Waals surface area contributed by atoms with Gasteiger partial charge in [-0.15, -0.1) is 0 Å². The summed E-state index contributed by atoms with van der Waals surface area (Å²) >= 11 is 0. The van der Waals surface area contributed by atoms with Gasteiger partial charge in [0, 0.05) is 19.3 Å². The minimum atomic E-state index is -3.35. The highest BCUT2D eigenvalue weighted by molar-refractivity contribution is 7.92. The summed E-state index contributed by atoms with van der Waals surface area (Å²) < 4.78 is 46.5. The standard InChI is InChI=1S/C8H15NO4S2/c1-7(2)6-15(12,13)9-4-8(5-9)14(3,10)11/h8H,1,4-6H2,2-3H3. The van der Waals surface area contributed by atoms with E-state index in [1.54, 1.807) is 6.92 Å². The van der Waals surface area contributed by atoms with E-state index in [1.807, 2.05) is 0 Å². The van der Waals surface area contributed by atoms with Gasteiger partial charge in [0.25, 0.3) is 0 Å². The molecule has 15 heavy (non-hydrogen) atoms. The fraction of sp³-hybridized carbons (Fsp3) is 0.750. The van der Waals surface area contributed by atoms with Crippen LogP contribution in [-0.4, -0.2) is 51.5 Å². The molecular formula is C8H15NO4S2. The fourth-order valence-electron chi connectivity index (χ4n) is 1.30. The Morgan fingerprint density at radius 3 is 2.13 bits per heavy atom. The van der Waals surface area contributed by atoms with Crippen LogP contribution < -0.4 is 0 Å². The molecule has 0 bridgehead atoms. The Kier molecular flexibility index (Phi) is 3.27. The lowest BCUT2D eigenvalue weighted by atomic mass is 10.3. The van der Waals surface area contributed by atoms with E-state index in [0.717, 1.165) is 6.26 Å². The van der Waals surface area contributed by atoms with Crippen molar-refractivity contribution in [3.05, 3.63) is 12.2 Å². The van der Waals surface area contributed by atoms with Crippen LogP contribution in [0, 0.1) is 0 Å². The first kappa shape index (κ1) is 12.7. The zero-order valence-electron chi connectivity index (χ0n) is 8.80. The zero-order chi connectivity index (χ0) is 11.9. The van der Waals surface area contributed by atoms with E-state index in [-0.39, 0.29) is 18.8 Å². The van der Waals surface area contributed by atoms with Crippen molar-refractivity contribution in [1.82, 2.24) is 4.31 Å². The fourth-order valence-corrected chi connectivity index (χ4v) is 4.01. The molecule has 0 atom stereocenters. The van der Waals surface area contributed by atoms with Gasteiger partial charge in [0.2, 0.25) is 10.0 Å². The maximum atomic E-state index is 11.6. The van der Waals surface area contributed by atoms with Crippen LogP contribution in [0.15, 0.2) is 12.2 Å². The highest BCUT2D eigenvalue weighted by atomic mass is 32.2. The monoisotopic (exact) mass is 253 g/mol. The lowest BCUT2D eigenvalue weighted by Crippen LogP contribution is -2.57. The molecule has 88 valence electrons. The molecule has 0 spiro atoms. The van der Waals surface area contributed by atoms with Gasteiger partial charge < -0.3 is 0 Å². The van der Waals surface area contributed by atoms with Crippen LogP contribution in [0.3, 0.4) is 0 Å². The average molecular weight is 253 g/mol. The Morgan fingerprint density at radius 1 is 1.33 bits per heavy atom. The van der Waals surface area contributed by atoms with Crippen LogP contribution >= 0.6 is 0 Å². The summed E-state index contributed by atoms with van der Waals surface area (Å²) in [7, 11) is -6.46. The third kappa shape index (κ3) is 3.02. The van der Waals surface area contributed by atoms with Gasteiger partial charge in [0.15, 0.2) is 9.84 Å². The van der Waals surface area contributed by atoms with Crippen molar-refractivity contribution in [2.24, 2.45) is 0 Å². The quantitative estimate of drug-likeness (QED) is 0.640. The van der Waals surface area contributed by atoms with Gasteiger partial charge in [-0.25, -0.2) is 16.8 Å². The van der Waals surface area contributed by atoms with E-state index in [1.165, 1.54) is 4.31 Å². The average Bonchev–Trinajstić information content (AvgIpc) is 1.71. The normalized spacial score (nSPS) is 19.9. The molecule has 0 aromatic heterocycles. The van der Waals surface area contributed by atoms with Crippen molar-refractivity contribution in [1.29, 1.82) is 0 Å². The Balaban J connectivity index is 2.63. The number of sulfonamides is 1. The minimum Gasteiger partial charge on any atom is -0.229 e. The summed E-state index contributed by atoms with van der Waals surface area (Å²) in [5, 5.41) is -0.544. The first-order chi connectivity index (χ1) is 6.63. The molecule has 1 rings (SSSR count). The number of sulfone groups is 1. The third-order valence-electron chi connectivity index (χ3n) is 2.24. The molecule has 0 aliphatic carbocycles. The molecule has 0 saturated carbocycles. The number of hydrogen-bond donors (Lipinski definition) is 0. The van der Waals surface area contributed by atoms with Gasteiger partial charge in [-0.3, -0.25) is 0 Å². The largest absolute Gasteiger partial charge is 0.229 e. The minimum absolute atomic E-state index is 0.0778. The Bertz CT molecular complexity index is 457. The molecular weight excluding hydrogens is 238 g/mol. The molecule has 5 nitrogen and oxygen atoms in total. The summed E-state index contributed by atoms with van der Waals surface area (Å²) in [4.78, 5) is 0. The summed E-state index contributed by atoms with van der Waals surface area (Å²) in [6, 6.07) is 0. The lowest BCUT2D eigenvalue weighted by molar-refractivity contribution is 0.311. The van der Waals surface area contributed by atoms with E-state index in [2.05, 4.69) is 6.58 Å². The molecule has 1 aliphatic heterocycles. The number of rotatable bonds is 4. The first-order valence-electron chi connectivity index (χ1n) is 4.44. The lowest BCUT2D eigenvalue weighted by Gasteiger charge is -2.36. The second-order valence-corrected chi connectivity index (χ2v) is 8.28. The SMILES string of the molecule is C=C(C)CS(=O)(=O)N1CC(S(C)(=O)=O)C1. The molecule has 0 amide bonds.